The molecule has 2 aromatic heterocycles. The molecule has 0 aliphatic carbocycles. The minimum absolute atomic E-state index is 0.167. The van der Waals surface area contributed by atoms with E-state index in [2.05, 4.69) is 27.3 Å². The highest BCUT2D eigenvalue weighted by atomic mass is 32.1. The number of likely N-dealkylation sites (tertiary alicyclic amines) is 1. The molecule has 1 atom stereocenters. The standard InChI is InChI=1S/C20H22N4OS/c1-14-22-17(13-26-14)10-19(25)24-9-5-8-16(12-24)20-18(11-21-23-20)15-6-3-2-4-7-15/h2-4,6-7,11,13,16H,5,8-10,12H2,1H3,(H,21,23)/t16-/m1/s1. The van der Waals surface area contributed by atoms with Crippen molar-refractivity contribution in [3.05, 3.63) is 58.3 Å². The van der Waals surface area contributed by atoms with Crippen LogP contribution in [0.25, 0.3) is 11.1 Å². The number of carbonyl (C=O) groups is 1. The second kappa shape index (κ2) is 7.41. The molecule has 3 aromatic rings. The third kappa shape index (κ3) is 3.55. The molecule has 0 unspecified atom stereocenters. The van der Waals surface area contributed by atoms with Crippen LogP contribution in [0.15, 0.2) is 41.9 Å². The highest BCUT2D eigenvalue weighted by Gasteiger charge is 2.27. The lowest BCUT2D eigenvalue weighted by molar-refractivity contribution is -0.131. The molecule has 1 saturated heterocycles. The van der Waals surface area contributed by atoms with Crippen molar-refractivity contribution in [3.63, 3.8) is 0 Å². The number of rotatable bonds is 4. The third-order valence-electron chi connectivity index (χ3n) is 4.93. The zero-order valence-electron chi connectivity index (χ0n) is 14.8. The van der Waals surface area contributed by atoms with Gasteiger partial charge in [0.25, 0.3) is 0 Å². The first-order valence-electron chi connectivity index (χ1n) is 8.98. The van der Waals surface area contributed by atoms with Crippen molar-refractivity contribution in [3.8, 4) is 11.1 Å². The Labute approximate surface area is 157 Å². The molecule has 0 bridgehead atoms. The summed E-state index contributed by atoms with van der Waals surface area (Å²) >= 11 is 1.60. The number of piperidine rings is 1. The number of benzene rings is 1. The molecule has 5 nitrogen and oxygen atoms in total. The van der Waals surface area contributed by atoms with Crippen molar-refractivity contribution in [2.24, 2.45) is 0 Å². The van der Waals surface area contributed by atoms with Gasteiger partial charge in [-0.05, 0) is 25.3 Å². The minimum Gasteiger partial charge on any atom is -0.342 e. The Morgan fingerprint density at radius 2 is 2.19 bits per heavy atom. The second-order valence-corrected chi connectivity index (χ2v) is 7.84. The van der Waals surface area contributed by atoms with E-state index >= 15 is 0 Å². The maximum Gasteiger partial charge on any atom is 0.228 e. The van der Waals surface area contributed by atoms with Gasteiger partial charge in [0.2, 0.25) is 5.91 Å². The fourth-order valence-corrected chi connectivity index (χ4v) is 4.26. The van der Waals surface area contributed by atoms with Crippen molar-refractivity contribution in [2.75, 3.05) is 13.1 Å². The number of carbonyl (C=O) groups excluding carboxylic acids is 1. The Morgan fingerprint density at radius 1 is 1.35 bits per heavy atom. The van der Waals surface area contributed by atoms with Gasteiger partial charge in [-0.3, -0.25) is 9.89 Å². The van der Waals surface area contributed by atoms with Crippen LogP contribution in [0.5, 0.6) is 0 Å². The van der Waals surface area contributed by atoms with E-state index in [-0.39, 0.29) is 5.91 Å². The number of thiazole rings is 1. The highest BCUT2D eigenvalue weighted by Crippen LogP contribution is 2.33. The SMILES string of the molecule is Cc1nc(CC(=O)N2CCC[C@@H](c3[nH]ncc3-c3ccccc3)C2)cs1. The summed E-state index contributed by atoms with van der Waals surface area (Å²) in [6, 6.07) is 10.3. The van der Waals surface area contributed by atoms with Crippen molar-refractivity contribution in [1.29, 1.82) is 0 Å². The molecule has 1 aliphatic rings. The van der Waals surface area contributed by atoms with Crippen LogP contribution in [0.1, 0.15) is 35.2 Å². The van der Waals surface area contributed by atoms with Crippen LogP contribution in [0.3, 0.4) is 0 Å². The van der Waals surface area contributed by atoms with Crippen LogP contribution in [-0.2, 0) is 11.2 Å². The average molecular weight is 366 g/mol. The summed E-state index contributed by atoms with van der Waals surface area (Å²) in [5.74, 6) is 0.461. The van der Waals surface area contributed by atoms with Crippen molar-refractivity contribution >= 4 is 17.2 Å². The summed E-state index contributed by atoms with van der Waals surface area (Å²) in [6.45, 7) is 3.54. The molecule has 6 heteroatoms. The first-order valence-corrected chi connectivity index (χ1v) is 9.86. The van der Waals surface area contributed by atoms with Gasteiger partial charge < -0.3 is 4.90 Å². The molecule has 3 heterocycles. The maximum atomic E-state index is 12.7. The lowest BCUT2D eigenvalue weighted by Gasteiger charge is -2.32. The zero-order valence-corrected chi connectivity index (χ0v) is 15.6. The Morgan fingerprint density at radius 3 is 2.96 bits per heavy atom. The predicted octanol–water partition coefficient (Wildman–Crippen LogP) is 3.79. The van der Waals surface area contributed by atoms with Gasteiger partial charge in [0, 0.05) is 35.6 Å². The van der Waals surface area contributed by atoms with Crippen molar-refractivity contribution in [1.82, 2.24) is 20.1 Å². The Bertz CT molecular complexity index is 886. The number of H-pyrrole nitrogens is 1. The van der Waals surface area contributed by atoms with Crippen LogP contribution in [0.4, 0.5) is 0 Å². The third-order valence-corrected chi connectivity index (χ3v) is 5.76. The molecule has 1 aromatic carbocycles. The zero-order chi connectivity index (χ0) is 17.9. The normalized spacial score (nSPS) is 17.4. The van der Waals surface area contributed by atoms with Crippen LogP contribution >= 0.6 is 11.3 Å². The topological polar surface area (TPSA) is 61.9 Å². The molecule has 0 saturated carbocycles. The number of amides is 1. The molecular weight excluding hydrogens is 344 g/mol. The number of aryl methyl sites for hydroxylation is 1. The molecule has 4 rings (SSSR count). The van der Waals surface area contributed by atoms with Gasteiger partial charge in [0.1, 0.15) is 0 Å². The first-order chi connectivity index (χ1) is 12.7. The van der Waals surface area contributed by atoms with E-state index in [9.17, 15) is 4.79 Å². The number of nitrogens with one attached hydrogen (secondary N) is 1. The van der Waals surface area contributed by atoms with Crippen LogP contribution in [-0.4, -0.2) is 39.1 Å². The summed E-state index contributed by atoms with van der Waals surface area (Å²) in [7, 11) is 0. The van der Waals surface area contributed by atoms with Gasteiger partial charge >= 0.3 is 0 Å². The van der Waals surface area contributed by atoms with Gasteiger partial charge in [-0.25, -0.2) is 4.98 Å². The molecule has 1 aliphatic heterocycles. The number of aromatic nitrogens is 3. The van der Waals surface area contributed by atoms with Crippen LogP contribution in [0, 0.1) is 6.92 Å². The van der Waals surface area contributed by atoms with Crippen molar-refractivity contribution in [2.45, 2.75) is 32.1 Å². The average Bonchev–Trinajstić information content (AvgIpc) is 3.32. The Kier molecular flexibility index (Phi) is 4.84. The Hall–Kier alpha value is -2.47. The highest BCUT2D eigenvalue weighted by molar-refractivity contribution is 7.09. The van der Waals surface area contributed by atoms with E-state index in [0.29, 0.717) is 12.3 Å². The number of aromatic amines is 1. The number of hydrogen-bond acceptors (Lipinski definition) is 4. The molecular formula is C20H22N4OS. The minimum atomic E-state index is 0.167. The van der Waals surface area contributed by atoms with E-state index in [1.165, 1.54) is 0 Å². The van der Waals surface area contributed by atoms with Gasteiger partial charge in [0.05, 0.1) is 23.3 Å². The van der Waals surface area contributed by atoms with E-state index in [1.807, 2.05) is 41.6 Å². The molecule has 1 N–H and O–H groups in total. The molecule has 26 heavy (non-hydrogen) atoms. The molecule has 1 amide bonds. The van der Waals surface area contributed by atoms with E-state index in [4.69, 9.17) is 0 Å². The van der Waals surface area contributed by atoms with Crippen LogP contribution < -0.4 is 0 Å². The summed E-state index contributed by atoms with van der Waals surface area (Å²) < 4.78 is 0. The summed E-state index contributed by atoms with van der Waals surface area (Å²) in [6.07, 6.45) is 4.37. The second-order valence-electron chi connectivity index (χ2n) is 6.78. The smallest absolute Gasteiger partial charge is 0.228 e. The van der Waals surface area contributed by atoms with Gasteiger partial charge in [-0.1, -0.05) is 30.3 Å². The quantitative estimate of drug-likeness (QED) is 0.764. The molecule has 0 spiro atoms. The first kappa shape index (κ1) is 17.0. The summed E-state index contributed by atoms with van der Waals surface area (Å²) in [5, 5.41) is 10.5. The van der Waals surface area contributed by atoms with Gasteiger partial charge in [-0.15, -0.1) is 11.3 Å². The summed E-state index contributed by atoms with van der Waals surface area (Å²) in [5.41, 5.74) is 4.32. The van der Waals surface area contributed by atoms with Gasteiger partial charge in [-0.2, -0.15) is 5.10 Å². The number of nitrogens with zero attached hydrogens (tertiary/aromatic N) is 3. The van der Waals surface area contributed by atoms with E-state index in [1.54, 1.807) is 11.3 Å². The van der Waals surface area contributed by atoms with Crippen LogP contribution in [0.2, 0.25) is 0 Å². The fraction of sp³-hybridized carbons (Fsp3) is 0.350. The largest absolute Gasteiger partial charge is 0.342 e. The summed E-state index contributed by atoms with van der Waals surface area (Å²) in [4.78, 5) is 19.1. The van der Waals surface area contributed by atoms with Crippen molar-refractivity contribution < 1.29 is 4.79 Å². The molecule has 0 radical (unpaired) electrons. The maximum absolute atomic E-state index is 12.7. The predicted molar refractivity (Wildman–Crippen MR) is 103 cm³/mol. The number of hydrogen-bond donors (Lipinski definition) is 1. The molecule has 134 valence electrons. The Balaban J connectivity index is 1.49. The van der Waals surface area contributed by atoms with E-state index < -0.39 is 0 Å². The van der Waals surface area contributed by atoms with Gasteiger partial charge in [0.15, 0.2) is 0 Å². The lowest BCUT2D eigenvalue weighted by atomic mass is 9.90. The van der Waals surface area contributed by atoms with E-state index in [0.717, 1.165) is 53.5 Å². The monoisotopic (exact) mass is 366 g/mol. The fourth-order valence-electron chi connectivity index (χ4n) is 3.65. The molecule has 1 fully saturated rings. The lowest BCUT2D eigenvalue weighted by Crippen LogP contribution is -2.40.